The van der Waals surface area contributed by atoms with E-state index in [0.717, 1.165) is 11.3 Å². The summed E-state index contributed by atoms with van der Waals surface area (Å²) in [6.45, 7) is 0. The summed E-state index contributed by atoms with van der Waals surface area (Å²) >= 11 is 3.21. The molecule has 0 atom stereocenters. The molecule has 1 heterocycles. The number of aromatic nitrogens is 2. The molecule has 0 fully saturated rings. The summed E-state index contributed by atoms with van der Waals surface area (Å²) in [4.78, 5) is 7.33. The number of hydrogen-bond donors (Lipinski definition) is 1. The fourth-order valence-corrected chi connectivity index (χ4v) is 2.27. The Balaban J connectivity index is 2.40. The standard InChI is InChI=1S/C10H9BrN2O2S/c1-16(14,15)8-4-2-7(3-5-8)9-6-12-10(11)13-9/h2-6H,1H3,(H,12,13). The Labute approximate surface area is 102 Å². The first-order valence-electron chi connectivity index (χ1n) is 4.48. The van der Waals surface area contributed by atoms with Gasteiger partial charge in [0.15, 0.2) is 14.6 Å². The maximum absolute atomic E-state index is 11.3. The van der Waals surface area contributed by atoms with Crippen molar-refractivity contribution >= 4 is 25.8 Å². The highest BCUT2D eigenvalue weighted by Gasteiger charge is 2.07. The molecule has 84 valence electrons. The smallest absolute Gasteiger partial charge is 0.175 e. The zero-order chi connectivity index (χ0) is 11.8. The van der Waals surface area contributed by atoms with E-state index < -0.39 is 9.84 Å². The number of imidazole rings is 1. The van der Waals surface area contributed by atoms with E-state index in [-0.39, 0.29) is 0 Å². The first-order valence-corrected chi connectivity index (χ1v) is 7.16. The topological polar surface area (TPSA) is 62.8 Å². The van der Waals surface area contributed by atoms with Crippen molar-refractivity contribution in [2.24, 2.45) is 0 Å². The SMILES string of the molecule is CS(=O)(=O)c1ccc(-c2cnc(Br)[nH]2)cc1. The molecule has 0 amide bonds. The normalized spacial score (nSPS) is 11.6. The molecule has 0 bridgehead atoms. The zero-order valence-electron chi connectivity index (χ0n) is 8.44. The number of sulfone groups is 1. The summed E-state index contributed by atoms with van der Waals surface area (Å²) in [6.07, 6.45) is 2.87. The van der Waals surface area contributed by atoms with Gasteiger partial charge < -0.3 is 4.98 Å². The Hall–Kier alpha value is -1.14. The molecule has 0 unspecified atom stereocenters. The molecule has 0 saturated heterocycles. The predicted molar refractivity (Wildman–Crippen MR) is 64.8 cm³/mol. The number of nitrogens with zero attached hydrogens (tertiary/aromatic N) is 1. The third kappa shape index (κ3) is 2.33. The molecule has 1 N–H and O–H groups in total. The molecule has 1 aromatic heterocycles. The molecule has 0 aliphatic heterocycles. The summed E-state index contributed by atoms with van der Waals surface area (Å²) < 4.78 is 23.2. The average Bonchev–Trinajstić information content (AvgIpc) is 2.64. The number of nitrogens with one attached hydrogen (secondary N) is 1. The third-order valence-electron chi connectivity index (χ3n) is 2.14. The fourth-order valence-electron chi connectivity index (χ4n) is 1.33. The molecule has 0 spiro atoms. The molecule has 6 heteroatoms. The van der Waals surface area contributed by atoms with Crippen molar-refractivity contribution in [1.29, 1.82) is 0 Å². The van der Waals surface area contributed by atoms with E-state index >= 15 is 0 Å². The van der Waals surface area contributed by atoms with Crippen molar-refractivity contribution in [3.05, 3.63) is 35.2 Å². The number of benzene rings is 1. The van der Waals surface area contributed by atoms with Crippen LogP contribution in [0, 0.1) is 0 Å². The van der Waals surface area contributed by atoms with Crippen LogP contribution in [0.5, 0.6) is 0 Å². The molecule has 0 aliphatic carbocycles. The molecule has 2 aromatic rings. The average molecular weight is 301 g/mol. The second kappa shape index (κ2) is 4.03. The molecule has 0 radical (unpaired) electrons. The number of hydrogen-bond acceptors (Lipinski definition) is 3. The van der Waals surface area contributed by atoms with Crippen LogP contribution < -0.4 is 0 Å². The van der Waals surface area contributed by atoms with Gasteiger partial charge in [-0.05, 0) is 33.6 Å². The van der Waals surface area contributed by atoms with Crippen LogP contribution in [-0.2, 0) is 9.84 Å². The van der Waals surface area contributed by atoms with Crippen molar-refractivity contribution in [2.75, 3.05) is 6.26 Å². The summed E-state index contributed by atoms with van der Waals surface area (Å²) in [5.41, 5.74) is 1.73. The first-order chi connectivity index (χ1) is 7.47. The summed E-state index contributed by atoms with van der Waals surface area (Å²) in [5, 5.41) is 0. The van der Waals surface area contributed by atoms with Crippen molar-refractivity contribution in [3.8, 4) is 11.3 Å². The molecule has 4 nitrogen and oxygen atoms in total. The molecule has 0 aliphatic rings. The fraction of sp³-hybridized carbons (Fsp3) is 0.100. The van der Waals surface area contributed by atoms with Gasteiger partial charge in [-0.2, -0.15) is 0 Å². The second-order valence-corrected chi connectivity index (χ2v) is 6.15. The number of aromatic amines is 1. The molecule has 1 aromatic carbocycles. The number of rotatable bonds is 2. The van der Waals surface area contributed by atoms with Crippen LogP contribution in [-0.4, -0.2) is 24.6 Å². The maximum atomic E-state index is 11.3. The lowest BCUT2D eigenvalue weighted by Crippen LogP contribution is -1.96. The van der Waals surface area contributed by atoms with E-state index in [0.29, 0.717) is 9.63 Å². The molecular formula is C10H9BrN2O2S. The van der Waals surface area contributed by atoms with Crippen LogP contribution in [0.2, 0.25) is 0 Å². The Bertz CT molecular complexity index is 602. The highest BCUT2D eigenvalue weighted by molar-refractivity contribution is 9.10. The maximum Gasteiger partial charge on any atom is 0.175 e. The summed E-state index contributed by atoms with van der Waals surface area (Å²) in [5.74, 6) is 0. The molecule has 2 rings (SSSR count). The minimum Gasteiger partial charge on any atom is -0.333 e. The van der Waals surface area contributed by atoms with E-state index in [4.69, 9.17) is 0 Å². The summed E-state index contributed by atoms with van der Waals surface area (Å²) in [7, 11) is -3.13. The monoisotopic (exact) mass is 300 g/mol. The van der Waals surface area contributed by atoms with Gasteiger partial charge in [-0.1, -0.05) is 12.1 Å². The minimum atomic E-state index is -3.13. The van der Waals surface area contributed by atoms with Gasteiger partial charge in [0.2, 0.25) is 0 Å². The van der Waals surface area contributed by atoms with Crippen LogP contribution in [0.4, 0.5) is 0 Å². The van der Waals surface area contributed by atoms with Crippen molar-refractivity contribution in [2.45, 2.75) is 4.90 Å². The van der Waals surface area contributed by atoms with Crippen LogP contribution >= 0.6 is 15.9 Å². The van der Waals surface area contributed by atoms with Crippen LogP contribution in [0.15, 0.2) is 40.1 Å². The first kappa shape index (κ1) is 11.3. The molecule has 16 heavy (non-hydrogen) atoms. The van der Waals surface area contributed by atoms with Gasteiger partial charge in [0.25, 0.3) is 0 Å². The Morgan fingerprint density at radius 1 is 1.25 bits per heavy atom. The molecular weight excluding hydrogens is 292 g/mol. The quantitative estimate of drug-likeness (QED) is 0.925. The van der Waals surface area contributed by atoms with Gasteiger partial charge in [-0.15, -0.1) is 0 Å². The van der Waals surface area contributed by atoms with Crippen LogP contribution in [0.3, 0.4) is 0 Å². The van der Waals surface area contributed by atoms with Gasteiger partial charge in [0.05, 0.1) is 16.8 Å². The Kier molecular flexibility index (Phi) is 2.86. The third-order valence-corrected chi connectivity index (χ3v) is 3.67. The lowest BCUT2D eigenvalue weighted by molar-refractivity contribution is 0.602. The summed E-state index contributed by atoms with van der Waals surface area (Å²) in [6, 6.07) is 6.66. The van der Waals surface area contributed by atoms with Crippen molar-refractivity contribution < 1.29 is 8.42 Å². The van der Waals surface area contributed by atoms with Gasteiger partial charge in [0.1, 0.15) is 0 Å². The van der Waals surface area contributed by atoms with Gasteiger partial charge >= 0.3 is 0 Å². The number of H-pyrrole nitrogens is 1. The van der Waals surface area contributed by atoms with Crippen LogP contribution in [0.1, 0.15) is 0 Å². The van der Waals surface area contributed by atoms with Gasteiger partial charge in [-0.25, -0.2) is 13.4 Å². The van der Waals surface area contributed by atoms with E-state index in [2.05, 4.69) is 25.9 Å². The second-order valence-electron chi connectivity index (χ2n) is 3.38. The minimum absolute atomic E-state index is 0.315. The van der Waals surface area contributed by atoms with E-state index in [9.17, 15) is 8.42 Å². The largest absolute Gasteiger partial charge is 0.333 e. The lowest BCUT2D eigenvalue weighted by atomic mass is 10.2. The van der Waals surface area contributed by atoms with Crippen molar-refractivity contribution in [3.63, 3.8) is 0 Å². The van der Waals surface area contributed by atoms with E-state index in [1.807, 2.05) is 0 Å². The Morgan fingerprint density at radius 3 is 2.31 bits per heavy atom. The van der Waals surface area contributed by atoms with Crippen molar-refractivity contribution in [1.82, 2.24) is 9.97 Å². The van der Waals surface area contributed by atoms with Crippen LogP contribution in [0.25, 0.3) is 11.3 Å². The Morgan fingerprint density at radius 2 is 1.88 bits per heavy atom. The lowest BCUT2D eigenvalue weighted by Gasteiger charge is -2.00. The van der Waals surface area contributed by atoms with Gasteiger partial charge in [0, 0.05) is 6.26 Å². The zero-order valence-corrected chi connectivity index (χ0v) is 10.8. The van der Waals surface area contributed by atoms with E-state index in [1.165, 1.54) is 6.26 Å². The highest BCUT2D eigenvalue weighted by Crippen LogP contribution is 2.20. The highest BCUT2D eigenvalue weighted by atomic mass is 79.9. The molecule has 0 saturated carbocycles. The van der Waals surface area contributed by atoms with Gasteiger partial charge in [-0.3, -0.25) is 0 Å². The number of halogens is 1. The van der Waals surface area contributed by atoms with E-state index in [1.54, 1.807) is 30.5 Å². The predicted octanol–water partition coefficient (Wildman–Crippen LogP) is 2.24.